The van der Waals surface area contributed by atoms with Crippen molar-refractivity contribution >= 4 is 59.7 Å². The molecule has 0 aliphatic rings. The van der Waals surface area contributed by atoms with Gasteiger partial charge in [-0.1, -0.05) is 0 Å². The number of nitrogen functional groups attached to an aromatic ring is 1. The Balaban J connectivity index is 2.19. The second-order valence-electron chi connectivity index (χ2n) is 6.56. The Labute approximate surface area is 181 Å². The number of amides is 1. The first-order valence-electron chi connectivity index (χ1n) is 8.61. The van der Waals surface area contributed by atoms with E-state index in [4.69, 9.17) is 5.73 Å². The molecule has 0 aliphatic carbocycles. The zero-order valence-corrected chi connectivity index (χ0v) is 17.8. The second-order valence-corrected chi connectivity index (χ2v) is 9.37. The first kappa shape index (κ1) is 23.1. The summed E-state index contributed by atoms with van der Waals surface area (Å²) in [5.41, 5.74) is 5.55. The molecule has 0 saturated carbocycles. The number of anilines is 2. The number of hydrogen-bond donors (Lipinski definition) is 5. The molecule has 14 heteroatoms. The maximum absolute atomic E-state index is 11.9. The molecule has 32 heavy (non-hydrogen) atoms. The van der Waals surface area contributed by atoms with Crippen LogP contribution in [0.4, 0.5) is 22.7 Å². The van der Waals surface area contributed by atoms with Crippen molar-refractivity contribution in [2.75, 3.05) is 11.1 Å². The molecule has 6 N–H and O–H groups in total. The van der Waals surface area contributed by atoms with E-state index < -0.39 is 41.5 Å². The highest BCUT2D eigenvalue weighted by Gasteiger charge is 2.24. The fourth-order valence-corrected chi connectivity index (χ4v) is 4.07. The van der Waals surface area contributed by atoms with Crippen LogP contribution in [-0.2, 0) is 25.0 Å². The Morgan fingerprint density at radius 3 is 2.12 bits per heavy atom. The smallest absolute Gasteiger partial charge is 0.296 e. The van der Waals surface area contributed by atoms with Gasteiger partial charge >= 0.3 is 0 Å². The van der Waals surface area contributed by atoms with Crippen molar-refractivity contribution in [1.82, 2.24) is 0 Å². The molecule has 3 rings (SSSR count). The Morgan fingerprint density at radius 2 is 1.59 bits per heavy atom. The third kappa shape index (κ3) is 4.83. The molecule has 0 radical (unpaired) electrons. The van der Waals surface area contributed by atoms with E-state index in [-0.39, 0.29) is 28.1 Å². The molecule has 3 aromatic rings. The lowest BCUT2D eigenvalue weighted by molar-refractivity contribution is -0.114. The van der Waals surface area contributed by atoms with Crippen molar-refractivity contribution in [3.05, 3.63) is 42.5 Å². The van der Waals surface area contributed by atoms with Crippen LogP contribution < -0.4 is 11.1 Å². The quantitative estimate of drug-likeness (QED) is 0.206. The summed E-state index contributed by atoms with van der Waals surface area (Å²) in [5, 5.41) is 20.4. The second kappa shape index (κ2) is 8.16. The Bertz CT molecular complexity index is 1480. The molecule has 0 aromatic heterocycles. The van der Waals surface area contributed by atoms with Gasteiger partial charge in [0.15, 0.2) is 5.75 Å². The summed E-state index contributed by atoms with van der Waals surface area (Å²) >= 11 is 0. The molecule has 3 aromatic carbocycles. The number of azo groups is 1. The SMILES string of the molecule is CC(=O)Nc1ccc(N=Nc2c(S(=O)(=O)O)cc3cc(S(=O)(=O)O)cc(N)c3c2O)cc1. The number of fused-ring (bicyclic) bond motifs is 1. The van der Waals surface area contributed by atoms with Gasteiger partial charge in [-0.25, -0.2) is 0 Å². The van der Waals surface area contributed by atoms with Gasteiger partial charge in [-0.05, 0) is 47.9 Å². The van der Waals surface area contributed by atoms with Gasteiger partial charge in [0.2, 0.25) is 5.91 Å². The molecule has 0 fully saturated rings. The first-order valence-corrected chi connectivity index (χ1v) is 11.5. The Morgan fingerprint density at radius 1 is 0.969 bits per heavy atom. The summed E-state index contributed by atoms with van der Waals surface area (Å²) in [4.78, 5) is 9.56. The highest BCUT2D eigenvalue weighted by atomic mass is 32.2. The predicted octanol–water partition coefficient (Wildman–Crippen LogP) is 2.99. The van der Waals surface area contributed by atoms with Crippen molar-refractivity contribution in [3.63, 3.8) is 0 Å². The van der Waals surface area contributed by atoms with Gasteiger partial charge in [-0.3, -0.25) is 13.9 Å². The Hall–Kier alpha value is -3.59. The highest BCUT2D eigenvalue weighted by molar-refractivity contribution is 7.86. The minimum atomic E-state index is -4.95. The minimum Gasteiger partial charge on any atom is -0.505 e. The summed E-state index contributed by atoms with van der Waals surface area (Å²) in [6.45, 7) is 1.33. The van der Waals surface area contributed by atoms with Gasteiger partial charge in [0.05, 0.1) is 10.6 Å². The molecule has 0 heterocycles. The van der Waals surface area contributed by atoms with E-state index in [2.05, 4.69) is 15.5 Å². The molecule has 0 bridgehead atoms. The maximum atomic E-state index is 11.9. The van der Waals surface area contributed by atoms with E-state index in [1.54, 1.807) is 0 Å². The molecule has 0 saturated heterocycles. The van der Waals surface area contributed by atoms with Crippen molar-refractivity contribution in [2.24, 2.45) is 10.2 Å². The van der Waals surface area contributed by atoms with Gasteiger partial charge in [0.25, 0.3) is 20.2 Å². The van der Waals surface area contributed by atoms with E-state index in [1.807, 2.05) is 0 Å². The van der Waals surface area contributed by atoms with Crippen molar-refractivity contribution in [2.45, 2.75) is 16.7 Å². The number of nitrogens with one attached hydrogen (secondary N) is 1. The fourth-order valence-electron chi connectivity index (χ4n) is 2.86. The predicted molar refractivity (Wildman–Crippen MR) is 115 cm³/mol. The maximum Gasteiger partial charge on any atom is 0.296 e. The zero-order chi connectivity index (χ0) is 23.8. The van der Waals surface area contributed by atoms with Crippen LogP contribution in [-0.4, -0.2) is 37.0 Å². The van der Waals surface area contributed by atoms with Crippen LogP contribution >= 0.6 is 0 Å². The number of hydrogen-bond acceptors (Lipinski definition) is 9. The van der Waals surface area contributed by atoms with Crippen LogP contribution in [0.3, 0.4) is 0 Å². The standard InChI is InChI=1S/C18H16N4O8S2/c1-9(23)20-11-2-4-12(5-3-11)21-22-17-15(32(28,29)30)7-10-6-13(31(25,26)27)8-14(19)16(10)18(17)24/h2-8,24H,19H2,1H3,(H,20,23)(H,25,26,27)(H,28,29,30). The summed E-state index contributed by atoms with van der Waals surface area (Å²) in [5.74, 6) is -1.07. The van der Waals surface area contributed by atoms with Crippen LogP contribution in [0.5, 0.6) is 5.75 Å². The molecular weight excluding hydrogens is 464 g/mol. The summed E-state index contributed by atoms with van der Waals surface area (Å²) < 4.78 is 65.4. The number of rotatable bonds is 5. The summed E-state index contributed by atoms with van der Waals surface area (Å²) in [7, 11) is -9.63. The van der Waals surface area contributed by atoms with Crippen LogP contribution in [0.15, 0.2) is 62.5 Å². The molecule has 0 unspecified atom stereocenters. The van der Waals surface area contributed by atoms with E-state index in [0.717, 1.165) is 18.2 Å². The molecule has 0 atom stereocenters. The van der Waals surface area contributed by atoms with Crippen LogP contribution in [0.1, 0.15) is 6.92 Å². The van der Waals surface area contributed by atoms with Gasteiger partial charge in [0, 0.05) is 23.7 Å². The summed E-state index contributed by atoms with van der Waals surface area (Å²) in [6, 6.07) is 8.50. The molecule has 168 valence electrons. The molecule has 12 nitrogen and oxygen atoms in total. The largest absolute Gasteiger partial charge is 0.505 e. The lowest BCUT2D eigenvalue weighted by Gasteiger charge is -2.11. The van der Waals surface area contributed by atoms with Gasteiger partial charge in [0.1, 0.15) is 10.6 Å². The number of benzene rings is 3. The van der Waals surface area contributed by atoms with Gasteiger partial charge in [-0.2, -0.15) is 21.9 Å². The number of carbonyl (C=O) groups excluding carboxylic acids is 1. The summed E-state index contributed by atoms with van der Waals surface area (Å²) in [6.07, 6.45) is 0. The van der Waals surface area contributed by atoms with Crippen LogP contribution in [0, 0.1) is 0 Å². The van der Waals surface area contributed by atoms with Crippen molar-refractivity contribution < 1.29 is 35.8 Å². The lowest BCUT2D eigenvalue weighted by atomic mass is 10.1. The molecule has 0 spiro atoms. The van der Waals surface area contributed by atoms with Gasteiger partial charge in [-0.15, -0.1) is 5.11 Å². The monoisotopic (exact) mass is 480 g/mol. The highest BCUT2D eigenvalue weighted by Crippen LogP contribution is 2.44. The number of aromatic hydroxyl groups is 1. The third-order valence-corrected chi connectivity index (χ3v) is 5.88. The van der Waals surface area contributed by atoms with Crippen LogP contribution in [0.25, 0.3) is 10.8 Å². The first-order chi connectivity index (χ1) is 14.8. The van der Waals surface area contributed by atoms with Crippen LogP contribution in [0.2, 0.25) is 0 Å². The molecule has 1 amide bonds. The molecule has 0 aliphatic heterocycles. The van der Waals surface area contributed by atoms with E-state index in [1.165, 1.54) is 31.2 Å². The van der Waals surface area contributed by atoms with Crippen molar-refractivity contribution in [1.29, 1.82) is 0 Å². The van der Waals surface area contributed by atoms with E-state index in [0.29, 0.717) is 5.69 Å². The number of nitrogens with two attached hydrogens (primary N) is 1. The average molecular weight is 480 g/mol. The topological polar surface area (TPSA) is 209 Å². The average Bonchev–Trinajstić information content (AvgIpc) is 2.66. The third-order valence-electron chi connectivity index (χ3n) is 4.18. The van der Waals surface area contributed by atoms with Crippen molar-refractivity contribution in [3.8, 4) is 5.75 Å². The number of nitrogens with zero attached hydrogens (tertiary/aromatic N) is 2. The van der Waals surface area contributed by atoms with Gasteiger partial charge < -0.3 is 16.2 Å². The lowest BCUT2D eigenvalue weighted by Crippen LogP contribution is -2.04. The minimum absolute atomic E-state index is 0.167. The zero-order valence-electron chi connectivity index (χ0n) is 16.2. The fraction of sp³-hybridized carbons (Fsp3) is 0.0556. The number of phenols is 1. The molecular formula is C18H16N4O8S2. The van der Waals surface area contributed by atoms with E-state index >= 15 is 0 Å². The normalized spacial score (nSPS) is 12.3. The Kier molecular flexibility index (Phi) is 5.88. The number of carbonyl (C=O) groups is 1. The number of phenolic OH excluding ortho intramolecular Hbond substituents is 1. The van der Waals surface area contributed by atoms with E-state index in [9.17, 15) is 35.8 Å².